The van der Waals surface area contributed by atoms with E-state index in [1.54, 1.807) is 36.7 Å². The Morgan fingerprint density at radius 3 is 2.71 bits per heavy atom. The summed E-state index contributed by atoms with van der Waals surface area (Å²) in [5.74, 6) is -1.39. The Morgan fingerprint density at radius 1 is 1.29 bits per heavy atom. The van der Waals surface area contributed by atoms with Crippen molar-refractivity contribution in [3.63, 3.8) is 0 Å². The standard InChI is InChI=1S/C15H19N5O4/c1-4-20-12-6-5-10(7-11(12)18-19-20)14(22)24-8-13(21)17-15(23)16-9(2)3/h5-7,9H,4,8H2,1-3H3,(H2,16,17,21,23). The highest BCUT2D eigenvalue weighted by Gasteiger charge is 2.14. The smallest absolute Gasteiger partial charge is 0.338 e. The van der Waals surface area contributed by atoms with Crippen LogP contribution in [0, 0.1) is 0 Å². The van der Waals surface area contributed by atoms with Crippen molar-refractivity contribution in [1.82, 2.24) is 25.6 Å². The van der Waals surface area contributed by atoms with Gasteiger partial charge in [-0.3, -0.25) is 10.1 Å². The third kappa shape index (κ3) is 4.28. The van der Waals surface area contributed by atoms with Crippen molar-refractivity contribution in [2.75, 3.05) is 6.61 Å². The summed E-state index contributed by atoms with van der Waals surface area (Å²) in [6.07, 6.45) is 0. The maximum Gasteiger partial charge on any atom is 0.338 e. The summed E-state index contributed by atoms with van der Waals surface area (Å²) >= 11 is 0. The van der Waals surface area contributed by atoms with Gasteiger partial charge in [0.2, 0.25) is 0 Å². The molecule has 0 aliphatic heterocycles. The first-order chi connectivity index (χ1) is 11.4. The topological polar surface area (TPSA) is 115 Å². The fraction of sp³-hybridized carbons (Fsp3) is 0.400. The minimum Gasteiger partial charge on any atom is -0.452 e. The van der Waals surface area contributed by atoms with Crippen LogP contribution in [0.15, 0.2) is 18.2 Å². The first-order valence-corrected chi connectivity index (χ1v) is 7.51. The summed E-state index contributed by atoms with van der Waals surface area (Å²) in [4.78, 5) is 34.9. The van der Waals surface area contributed by atoms with Gasteiger partial charge in [-0.25, -0.2) is 14.3 Å². The number of imide groups is 1. The van der Waals surface area contributed by atoms with Crippen molar-refractivity contribution in [3.05, 3.63) is 23.8 Å². The Labute approximate surface area is 138 Å². The van der Waals surface area contributed by atoms with E-state index in [0.29, 0.717) is 12.1 Å². The molecule has 0 atom stereocenters. The van der Waals surface area contributed by atoms with Gasteiger partial charge in [-0.1, -0.05) is 5.21 Å². The molecule has 0 radical (unpaired) electrons. The third-order valence-corrected chi connectivity index (χ3v) is 3.06. The summed E-state index contributed by atoms with van der Waals surface area (Å²) < 4.78 is 6.59. The minimum absolute atomic E-state index is 0.108. The number of benzene rings is 1. The molecule has 2 aromatic rings. The van der Waals surface area contributed by atoms with Gasteiger partial charge < -0.3 is 10.1 Å². The van der Waals surface area contributed by atoms with E-state index in [-0.39, 0.29) is 11.6 Å². The van der Waals surface area contributed by atoms with Gasteiger partial charge in [-0.05, 0) is 39.0 Å². The highest BCUT2D eigenvalue weighted by atomic mass is 16.5. The molecule has 0 saturated heterocycles. The fourth-order valence-corrected chi connectivity index (χ4v) is 2.01. The lowest BCUT2D eigenvalue weighted by molar-refractivity contribution is -0.123. The lowest BCUT2D eigenvalue weighted by Crippen LogP contribution is -2.44. The molecular weight excluding hydrogens is 314 g/mol. The average molecular weight is 333 g/mol. The zero-order valence-electron chi connectivity index (χ0n) is 13.7. The molecule has 0 aliphatic carbocycles. The molecule has 0 bridgehead atoms. The van der Waals surface area contributed by atoms with Gasteiger partial charge in [0.15, 0.2) is 6.61 Å². The third-order valence-electron chi connectivity index (χ3n) is 3.06. The van der Waals surface area contributed by atoms with Crippen LogP contribution in [0.3, 0.4) is 0 Å². The molecule has 9 heteroatoms. The monoisotopic (exact) mass is 333 g/mol. The number of nitrogens with zero attached hydrogens (tertiary/aromatic N) is 3. The van der Waals surface area contributed by atoms with E-state index >= 15 is 0 Å². The number of hydrogen-bond donors (Lipinski definition) is 2. The number of urea groups is 1. The molecular formula is C15H19N5O4. The van der Waals surface area contributed by atoms with Crippen molar-refractivity contribution in [2.24, 2.45) is 0 Å². The molecule has 1 aromatic heterocycles. The second-order valence-corrected chi connectivity index (χ2v) is 5.36. The van der Waals surface area contributed by atoms with Gasteiger partial charge in [0.1, 0.15) is 5.52 Å². The van der Waals surface area contributed by atoms with E-state index in [1.807, 2.05) is 6.92 Å². The fourth-order valence-electron chi connectivity index (χ4n) is 2.01. The lowest BCUT2D eigenvalue weighted by Gasteiger charge is -2.09. The van der Waals surface area contributed by atoms with Gasteiger partial charge in [0, 0.05) is 12.6 Å². The number of fused-ring (bicyclic) bond motifs is 1. The predicted octanol–water partition coefficient (Wildman–Crippen LogP) is 0.842. The molecule has 0 fully saturated rings. The van der Waals surface area contributed by atoms with Crippen LogP contribution in [0.4, 0.5) is 4.79 Å². The first-order valence-electron chi connectivity index (χ1n) is 7.51. The van der Waals surface area contributed by atoms with Gasteiger partial charge >= 0.3 is 12.0 Å². The van der Waals surface area contributed by atoms with Crippen molar-refractivity contribution in [2.45, 2.75) is 33.4 Å². The molecule has 3 amide bonds. The summed E-state index contributed by atoms with van der Waals surface area (Å²) in [6.45, 7) is 5.57. The van der Waals surface area contributed by atoms with Crippen LogP contribution >= 0.6 is 0 Å². The highest BCUT2D eigenvalue weighted by molar-refractivity contribution is 5.98. The van der Waals surface area contributed by atoms with E-state index in [2.05, 4.69) is 20.9 Å². The lowest BCUT2D eigenvalue weighted by atomic mass is 10.2. The van der Waals surface area contributed by atoms with Crippen LogP contribution in [0.2, 0.25) is 0 Å². The Bertz CT molecular complexity index is 768. The second-order valence-electron chi connectivity index (χ2n) is 5.36. The Kier molecular flexibility index (Phi) is 5.46. The van der Waals surface area contributed by atoms with Gasteiger partial charge in [-0.2, -0.15) is 0 Å². The Balaban J connectivity index is 1.92. The Morgan fingerprint density at radius 2 is 2.04 bits per heavy atom. The SMILES string of the molecule is CCn1nnc2cc(C(=O)OCC(=O)NC(=O)NC(C)C)ccc21. The average Bonchev–Trinajstić information content (AvgIpc) is 2.93. The second kappa shape index (κ2) is 7.53. The molecule has 0 aliphatic rings. The number of carbonyl (C=O) groups is 3. The van der Waals surface area contributed by atoms with Crippen LogP contribution < -0.4 is 10.6 Å². The zero-order chi connectivity index (χ0) is 17.7. The quantitative estimate of drug-likeness (QED) is 0.784. The molecule has 0 spiro atoms. The van der Waals surface area contributed by atoms with Crippen molar-refractivity contribution >= 4 is 28.9 Å². The van der Waals surface area contributed by atoms with Crippen LogP contribution in [-0.2, 0) is 16.1 Å². The van der Waals surface area contributed by atoms with Crippen LogP contribution in [0.1, 0.15) is 31.1 Å². The molecule has 9 nitrogen and oxygen atoms in total. The van der Waals surface area contributed by atoms with E-state index < -0.39 is 24.5 Å². The maximum absolute atomic E-state index is 12.0. The van der Waals surface area contributed by atoms with E-state index in [4.69, 9.17) is 4.74 Å². The number of ether oxygens (including phenoxy) is 1. The van der Waals surface area contributed by atoms with Gasteiger partial charge in [0.05, 0.1) is 11.1 Å². The zero-order valence-corrected chi connectivity index (χ0v) is 13.7. The molecule has 0 saturated carbocycles. The number of rotatable bonds is 5. The maximum atomic E-state index is 12.0. The van der Waals surface area contributed by atoms with E-state index in [0.717, 1.165) is 5.52 Å². The number of aryl methyl sites for hydroxylation is 1. The van der Waals surface area contributed by atoms with Crippen LogP contribution in [0.25, 0.3) is 11.0 Å². The molecule has 2 N–H and O–H groups in total. The highest BCUT2D eigenvalue weighted by Crippen LogP contribution is 2.14. The van der Waals surface area contributed by atoms with E-state index in [1.165, 1.54) is 0 Å². The predicted molar refractivity (Wildman–Crippen MR) is 85.3 cm³/mol. The number of esters is 1. The molecule has 0 unspecified atom stereocenters. The molecule has 128 valence electrons. The van der Waals surface area contributed by atoms with Gasteiger partial charge in [0.25, 0.3) is 5.91 Å². The van der Waals surface area contributed by atoms with Crippen molar-refractivity contribution in [3.8, 4) is 0 Å². The van der Waals surface area contributed by atoms with E-state index in [9.17, 15) is 14.4 Å². The van der Waals surface area contributed by atoms with Crippen molar-refractivity contribution in [1.29, 1.82) is 0 Å². The summed E-state index contributed by atoms with van der Waals surface area (Å²) in [6, 6.07) is 4.09. The largest absolute Gasteiger partial charge is 0.452 e. The summed E-state index contributed by atoms with van der Waals surface area (Å²) in [5, 5.41) is 12.5. The summed E-state index contributed by atoms with van der Waals surface area (Å²) in [5.41, 5.74) is 1.62. The number of hydrogen-bond acceptors (Lipinski definition) is 6. The molecule has 24 heavy (non-hydrogen) atoms. The van der Waals surface area contributed by atoms with Crippen molar-refractivity contribution < 1.29 is 19.1 Å². The van der Waals surface area contributed by atoms with Crippen LogP contribution in [0.5, 0.6) is 0 Å². The summed E-state index contributed by atoms with van der Waals surface area (Å²) in [7, 11) is 0. The number of carbonyl (C=O) groups excluding carboxylic acids is 3. The normalized spacial score (nSPS) is 10.7. The molecule has 1 heterocycles. The van der Waals surface area contributed by atoms with Gasteiger partial charge in [-0.15, -0.1) is 5.10 Å². The molecule has 2 rings (SSSR count). The Hall–Kier alpha value is -2.97. The number of aromatic nitrogens is 3. The number of nitrogens with one attached hydrogen (secondary N) is 2. The minimum atomic E-state index is -0.709. The first kappa shape index (κ1) is 17.4. The number of amides is 3. The van der Waals surface area contributed by atoms with Crippen LogP contribution in [-0.4, -0.2) is 45.6 Å². The molecule has 1 aromatic carbocycles.